The van der Waals surface area contributed by atoms with Crippen molar-refractivity contribution in [2.75, 3.05) is 13.2 Å². The third kappa shape index (κ3) is 6.17. The van der Waals surface area contributed by atoms with Crippen molar-refractivity contribution in [3.05, 3.63) is 29.8 Å². The molecule has 0 aliphatic rings. The van der Waals surface area contributed by atoms with E-state index in [2.05, 4.69) is 5.32 Å². The summed E-state index contributed by atoms with van der Waals surface area (Å²) in [7, 11) is 0. The highest BCUT2D eigenvalue weighted by molar-refractivity contribution is 5.78. The molecule has 0 heterocycles. The van der Waals surface area contributed by atoms with Crippen LogP contribution in [0.5, 0.6) is 5.75 Å². The van der Waals surface area contributed by atoms with Crippen molar-refractivity contribution in [2.45, 2.75) is 25.9 Å². The van der Waals surface area contributed by atoms with Gasteiger partial charge in [-0.2, -0.15) is 13.2 Å². The number of alkyl halides is 3. The highest BCUT2D eigenvalue weighted by atomic mass is 19.4. The third-order valence-electron chi connectivity index (χ3n) is 3.08. The molecule has 5 nitrogen and oxygen atoms in total. The molecular formula is C15H18F3NO4. The first-order valence-electron chi connectivity index (χ1n) is 7.04. The second-order valence-corrected chi connectivity index (χ2v) is 4.91. The van der Waals surface area contributed by atoms with Crippen LogP contribution in [0.15, 0.2) is 24.3 Å². The normalized spacial score (nSPS) is 12.5. The second kappa shape index (κ2) is 8.40. The molecule has 1 unspecified atom stereocenters. The molecule has 128 valence electrons. The van der Waals surface area contributed by atoms with Crippen molar-refractivity contribution >= 4 is 11.9 Å². The number of halogens is 3. The molecule has 0 fully saturated rings. The van der Waals surface area contributed by atoms with E-state index < -0.39 is 41.9 Å². The van der Waals surface area contributed by atoms with E-state index in [1.54, 1.807) is 0 Å². The van der Waals surface area contributed by atoms with Gasteiger partial charge in [0.15, 0.2) is 6.61 Å². The molecular weight excluding hydrogens is 315 g/mol. The van der Waals surface area contributed by atoms with E-state index in [0.717, 1.165) is 12.1 Å². The predicted molar refractivity (Wildman–Crippen MR) is 76.0 cm³/mol. The van der Waals surface area contributed by atoms with Gasteiger partial charge in [0.2, 0.25) is 0 Å². The van der Waals surface area contributed by atoms with Gasteiger partial charge in [-0.3, -0.25) is 9.59 Å². The minimum atomic E-state index is -4.58. The lowest BCUT2D eigenvalue weighted by molar-refractivity contribution is -0.142. The summed E-state index contributed by atoms with van der Waals surface area (Å²) in [6, 6.07) is 4.56. The smallest absolute Gasteiger partial charge is 0.419 e. The van der Waals surface area contributed by atoms with Gasteiger partial charge in [-0.1, -0.05) is 25.5 Å². The van der Waals surface area contributed by atoms with Crippen molar-refractivity contribution in [1.29, 1.82) is 0 Å². The molecule has 0 bridgehead atoms. The van der Waals surface area contributed by atoms with E-state index in [4.69, 9.17) is 9.84 Å². The molecule has 1 amide bonds. The van der Waals surface area contributed by atoms with Crippen molar-refractivity contribution in [3.63, 3.8) is 0 Å². The van der Waals surface area contributed by atoms with Gasteiger partial charge in [0.1, 0.15) is 5.75 Å². The molecule has 1 aromatic carbocycles. The Morgan fingerprint density at radius 2 is 1.96 bits per heavy atom. The summed E-state index contributed by atoms with van der Waals surface area (Å²) in [4.78, 5) is 22.5. The van der Waals surface area contributed by atoms with Crippen molar-refractivity contribution < 1.29 is 32.6 Å². The van der Waals surface area contributed by atoms with Gasteiger partial charge in [-0.05, 0) is 18.6 Å². The molecule has 0 saturated heterocycles. The number of carboxylic acids is 1. The standard InChI is InChI=1S/C15H18F3NO4/c1-2-5-10(14(21)22)8-19-13(20)9-23-12-7-4-3-6-11(12)15(16,17)18/h3-4,6-7,10H,2,5,8-9H2,1H3,(H,19,20)(H,21,22). The number of benzene rings is 1. The van der Waals surface area contributed by atoms with E-state index in [9.17, 15) is 22.8 Å². The van der Waals surface area contributed by atoms with Crippen LogP contribution in [0.1, 0.15) is 25.3 Å². The maximum Gasteiger partial charge on any atom is 0.419 e. The highest BCUT2D eigenvalue weighted by Crippen LogP contribution is 2.35. The Hall–Kier alpha value is -2.25. The van der Waals surface area contributed by atoms with Crippen LogP contribution < -0.4 is 10.1 Å². The monoisotopic (exact) mass is 333 g/mol. The molecule has 0 radical (unpaired) electrons. The summed E-state index contributed by atoms with van der Waals surface area (Å²) >= 11 is 0. The Labute approximate surface area is 131 Å². The largest absolute Gasteiger partial charge is 0.483 e. The molecule has 8 heteroatoms. The van der Waals surface area contributed by atoms with E-state index in [1.165, 1.54) is 12.1 Å². The molecule has 23 heavy (non-hydrogen) atoms. The quantitative estimate of drug-likeness (QED) is 0.767. The van der Waals surface area contributed by atoms with Crippen LogP contribution in [0.25, 0.3) is 0 Å². The number of ether oxygens (including phenoxy) is 1. The number of carbonyl (C=O) groups is 2. The Morgan fingerprint density at radius 3 is 2.52 bits per heavy atom. The molecule has 0 saturated carbocycles. The van der Waals surface area contributed by atoms with E-state index in [-0.39, 0.29) is 6.54 Å². The SMILES string of the molecule is CCCC(CNC(=O)COc1ccccc1C(F)(F)F)C(=O)O. The average Bonchev–Trinajstić information content (AvgIpc) is 2.48. The lowest BCUT2D eigenvalue weighted by Gasteiger charge is -2.15. The van der Waals surface area contributed by atoms with Gasteiger partial charge in [0.05, 0.1) is 11.5 Å². The fraction of sp³-hybridized carbons (Fsp3) is 0.467. The Bertz CT molecular complexity index is 546. The number of aliphatic carboxylic acids is 1. The van der Waals surface area contributed by atoms with Crippen LogP contribution in [-0.2, 0) is 15.8 Å². The molecule has 0 spiro atoms. The molecule has 0 aliphatic heterocycles. The summed E-state index contributed by atoms with van der Waals surface area (Å²) in [6.45, 7) is 1.10. The maximum absolute atomic E-state index is 12.8. The number of hydrogen-bond donors (Lipinski definition) is 2. The fourth-order valence-electron chi connectivity index (χ4n) is 1.92. The van der Waals surface area contributed by atoms with Crippen molar-refractivity contribution in [3.8, 4) is 5.75 Å². The number of nitrogens with one attached hydrogen (secondary N) is 1. The topological polar surface area (TPSA) is 75.6 Å². The third-order valence-corrected chi connectivity index (χ3v) is 3.08. The zero-order valence-corrected chi connectivity index (χ0v) is 12.5. The van der Waals surface area contributed by atoms with Gasteiger partial charge in [0.25, 0.3) is 5.91 Å². The van der Waals surface area contributed by atoms with Gasteiger partial charge in [-0.15, -0.1) is 0 Å². The Balaban J connectivity index is 2.56. The van der Waals surface area contributed by atoms with Gasteiger partial charge >= 0.3 is 12.1 Å². The number of carboxylic acid groups (broad SMARTS) is 1. The number of para-hydroxylation sites is 1. The zero-order valence-electron chi connectivity index (χ0n) is 12.5. The van der Waals surface area contributed by atoms with Crippen LogP contribution in [0.3, 0.4) is 0 Å². The Kier molecular flexibility index (Phi) is 6.87. The molecule has 1 atom stereocenters. The van der Waals surface area contributed by atoms with Crippen LogP contribution in [-0.4, -0.2) is 30.1 Å². The average molecular weight is 333 g/mol. The number of carbonyl (C=O) groups excluding carboxylic acids is 1. The fourth-order valence-corrected chi connectivity index (χ4v) is 1.92. The lowest BCUT2D eigenvalue weighted by atomic mass is 10.0. The van der Waals surface area contributed by atoms with Crippen LogP contribution in [0.2, 0.25) is 0 Å². The summed E-state index contributed by atoms with van der Waals surface area (Å²) < 4.78 is 43.2. The van der Waals surface area contributed by atoms with Gasteiger partial charge in [-0.25, -0.2) is 0 Å². The van der Waals surface area contributed by atoms with Crippen LogP contribution in [0.4, 0.5) is 13.2 Å². The van der Waals surface area contributed by atoms with E-state index in [0.29, 0.717) is 12.8 Å². The minimum Gasteiger partial charge on any atom is -0.483 e. The first kappa shape index (κ1) is 18.8. The minimum absolute atomic E-state index is 0.0910. The summed E-state index contributed by atoms with van der Waals surface area (Å²) in [5.41, 5.74) is -0.970. The first-order chi connectivity index (χ1) is 10.8. The molecule has 1 rings (SSSR count). The molecule has 0 aliphatic carbocycles. The zero-order chi connectivity index (χ0) is 17.5. The summed E-state index contributed by atoms with van der Waals surface area (Å²) in [5.74, 6) is -2.88. The molecule has 2 N–H and O–H groups in total. The summed E-state index contributed by atoms with van der Waals surface area (Å²) in [6.07, 6.45) is -3.54. The number of rotatable bonds is 8. The van der Waals surface area contributed by atoms with Gasteiger partial charge in [0, 0.05) is 6.54 Å². The predicted octanol–water partition coefficient (Wildman–Crippen LogP) is 2.70. The maximum atomic E-state index is 12.8. The molecule has 1 aromatic rings. The summed E-state index contributed by atoms with van der Waals surface area (Å²) in [5, 5.41) is 11.3. The van der Waals surface area contributed by atoms with E-state index in [1.807, 2.05) is 6.92 Å². The van der Waals surface area contributed by atoms with Crippen LogP contribution in [0, 0.1) is 5.92 Å². The Morgan fingerprint density at radius 1 is 1.30 bits per heavy atom. The number of hydrogen-bond acceptors (Lipinski definition) is 3. The lowest BCUT2D eigenvalue weighted by Crippen LogP contribution is -2.35. The van der Waals surface area contributed by atoms with Gasteiger partial charge < -0.3 is 15.2 Å². The van der Waals surface area contributed by atoms with Crippen molar-refractivity contribution in [2.24, 2.45) is 5.92 Å². The highest BCUT2D eigenvalue weighted by Gasteiger charge is 2.34. The second-order valence-electron chi connectivity index (χ2n) is 4.91. The number of amides is 1. The first-order valence-corrected chi connectivity index (χ1v) is 7.04. The van der Waals surface area contributed by atoms with Crippen molar-refractivity contribution in [1.82, 2.24) is 5.32 Å². The van der Waals surface area contributed by atoms with Crippen LogP contribution >= 0.6 is 0 Å². The van der Waals surface area contributed by atoms with E-state index >= 15 is 0 Å². The molecule has 0 aromatic heterocycles.